The molecular weight excluding hydrogens is 146 g/mol. The van der Waals surface area contributed by atoms with Gasteiger partial charge in [-0.1, -0.05) is 13.8 Å². The Morgan fingerprint density at radius 1 is 1.64 bits per heavy atom. The predicted molar refractivity (Wildman–Crippen MR) is 40.3 cm³/mol. The lowest BCUT2D eigenvalue weighted by Crippen LogP contribution is -2.38. The lowest BCUT2D eigenvalue weighted by atomic mass is 10.1. The van der Waals surface area contributed by atoms with Gasteiger partial charge in [-0.05, 0) is 5.92 Å². The predicted octanol–water partition coefficient (Wildman–Crippen LogP) is -0.116. The van der Waals surface area contributed by atoms with Gasteiger partial charge in [0.15, 0.2) is 0 Å². The number of rotatable bonds is 5. The van der Waals surface area contributed by atoms with Crippen molar-refractivity contribution in [2.75, 3.05) is 6.54 Å². The smallest absolute Gasteiger partial charge is 0.317 e. The Bertz CT molecular complexity index is 145. The maximum Gasteiger partial charge on any atom is 0.317 e. The first-order chi connectivity index (χ1) is 5.07. The van der Waals surface area contributed by atoms with Crippen LogP contribution < -0.4 is 5.32 Å². The average Bonchev–Trinajstić information content (AvgIpc) is 1.87. The first-order valence-electron chi connectivity index (χ1n) is 3.48. The Hall–Kier alpha value is -0.900. The third-order valence-corrected chi connectivity index (χ3v) is 1.35. The molecule has 0 aliphatic heterocycles. The zero-order valence-corrected chi connectivity index (χ0v) is 6.70. The summed E-state index contributed by atoms with van der Waals surface area (Å²) in [5.41, 5.74) is 0. The molecule has 0 heterocycles. The maximum absolute atomic E-state index is 10.3. The minimum Gasteiger partial charge on any atom is -0.480 e. The van der Waals surface area contributed by atoms with E-state index in [4.69, 9.17) is 5.11 Å². The fourth-order valence-corrected chi connectivity index (χ4v) is 0.646. The highest BCUT2D eigenvalue weighted by molar-refractivity contribution is 5.70. The summed E-state index contributed by atoms with van der Waals surface area (Å²) in [7, 11) is 0. The van der Waals surface area contributed by atoms with Gasteiger partial charge in [0.05, 0.1) is 12.6 Å². The quantitative estimate of drug-likeness (QED) is 0.549. The van der Waals surface area contributed by atoms with E-state index in [1.165, 1.54) is 0 Å². The summed E-state index contributed by atoms with van der Waals surface area (Å²) >= 11 is 0. The monoisotopic (exact) mass is 159 g/mol. The molecule has 4 heteroatoms. The minimum absolute atomic E-state index is 0.131. The SMILES string of the molecule is CC(C)[C@@H](C=O)NCC(=O)O. The number of carboxylic acids is 1. The number of aliphatic carboxylic acids is 1. The van der Waals surface area contributed by atoms with E-state index in [1.807, 2.05) is 13.8 Å². The fourth-order valence-electron chi connectivity index (χ4n) is 0.646. The van der Waals surface area contributed by atoms with Gasteiger partial charge in [0.25, 0.3) is 0 Å². The van der Waals surface area contributed by atoms with Crippen LogP contribution >= 0.6 is 0 Å². The van der Waals surface area contributed by atoms with E-state index in [0.29, 0.717) is 0 Å². The van der Waals surface area contributed by atoms with E-state index in [1.54, 1.807) is 0 Å². The number of carbonyl (C=O) groups excluding carboxylic acids is 1. The standard InChI is InChI=1S/C7H13NO3/c1-5(2)6(4-9)8-3-7(10)11/h4-6,8H,3H2,1-2H3,(H,10,11)/t6-/m1/s1. The number of hydrogen-bond donors (Lipinski definition) is 2. The molecule has 0 aromatic rings. The minimum atomic E-state index is -0.947. The van der Waals surface area contributed by atoms with Crippen LogP contribution in [0.15, 0.2) is 0 Å². The van der Waals surface area contributed by atoms with Gasteiger partial charge in [0, 0.05) is 0 Å². The van der Waals surface area contributed by atoms with Gasteiger partial charge >= 0.3 is 5.97 Å². The van der Waals surface area contributed by atoms with Gasteiger partial charge in [-0.3, -0.25) is 10.1 Å². The van der Waals surface area contributed by atoms with E-state index in [2.05, 4.69) is 5.32 Å². The molecule has 64 valence electrons. The van der Waals surface area contributed by atoms with Crippen molar-refractivity contribution >= 4 is 12.3 Å². The van der Waals surface area contributed by atoms with Crippen molar-refractivity contribution in [3.8, 4) is 0 Å². The van der Waals surface area contributed by atoms with E-state index in [9.17, 15) is 9.59 Å². The molecule has 0 rings (SSSR count). The second-order valence-electron chi connectivity index (χ2n) is 2.68. The van der Waals surface area contributed by atoms with Crippen molar-refractivity contribution < 1.29 is 14.7 Å². The Kier molecular flexibility index (Phi) is 4.45. The van der Waals surface area contributed by atoms with Crippen molar-refractivity contribution in [2.45, 2.75) is 19.9 Å². The Morgan fingerprint density at radius 3 is 2.45 bits per heavy atom. The highest BCUT2D eigenvalue weighted by atomic mass is 16.4. The van der Waals surface area contributed by atoms with Gasteiger partial charge in [-0.15, -0.1) is 0 Å². The molecule has 0 fully saturated rings. The first-order valence-corrected chi connectivity index (χ1v) is 3.48. The summed E-state index contributed by atoms with van der Waals surface area (Å²) in [6, 6.07) is -0.355. The molecule has 4 nitrogen and oxygen atoms in total. The molecule has 0 radical (unpaired) electrons. The van der Waals surface area contributed by atoms with Crippen LogP contribution in [0.3, 0.4) is 0 Å². The zero-order valence-electron chi connectivity index (χ0n) is 6.70. The molecule has 0 unspecified atom stereocenters. The largest absolute Gasteiger partial charge is 0.480 e. The molecule has 0 bridgehead atoms. The normalized spacial score (nSPS) is 13.0. The van der Waals surface area contributed by atoms with E-state index >= 15 is 0 Å². The molecule has 0 saturated heterocycles. The molecule has 0 saturated carbocycles. The molecule has 0 amide bonds. The molecular formula is C7H13NO3. The Morgan fingerprint density at radius 2 is 2.18 bits per heavy atom. The number of nitrogens with one attached hydrogen (secondary N) is 1. The van der Waals surface area contributed by atoms with Gasteiger partial charge in [0.2, 0.25) is 0 Å². The van der Waals surface area contributed by atoms with Crippen molar-refractivity contribution in [3.63, 3.8) is 0 Å². The number of aldehydes is 1. The zero-order chi connectivity index (χ0) is 8.85. The molecule has 0 aromatic heterocycles. The van der Waals surface area contributed by atoms with Crippen LogP contribution in [-0.2, 0) is 9.59 Å². The third kappa shape index (κ3) is 4.50. The summed E-state index contributed by atoms with van der Waals surface area (Å²) in [6.07, 6.45) is 0.730. The topological polar surface area (TPSA) is 66.4 Å². The van der Waals surface area contributed by atoms with Crippen molar-refractivity contribution in [3.05, 3.63) is 0 Å². The van der Waals surface area contributed by atoms with Crippen LogP contribution in [0, 0.1) is 5.92 Å². The van der Waals surface area contributed by atoms with Gasteiger partial charge in [-0.2, -0.15) is 0 Å². The molecule has 0 aliphatic rings. The lowest BCUT2D eigenvalue weighted by Gasteiger charge is -2.13. The van der Waals surface area contributed by atoms with E-state index in [-0.39, 0.29) is 18.5 Å². The van der Waals surface area contributed by atoms with Crippen molar-refractivity contribution in [2.24, 2.45) is 5.92 Å². The summed E-state index contributed by atoms with van der Waals surface area (Å²) in [4.78, 5) is 20.4. The molecule has 11 heavy (non-hydrogen) atoms. The van der Waals surface area contributed by atoms with E-state index < -0.39 is 5.97 Å². The lowest BCUT2D eigenvalue weighted by molar-refractivity contribution is -0.136. The van der Waals surface area contributed by atoms with Crippen LogP contribution in [0.4, 0.5) is 0 Å². The van der Waals surface area contributed by atoms with E-state index in [0.717, 1.165) is 6.29 Å². The van der Waals surface area contributed by atoms with Gasteiger partial charge in [0.1, 0.15) is 6.29 Å². The summed E-state index contributed by atoms with van der Waals surface area (Å²) in [5.74, 6) is -0.815. The summed E-state index contributed by atoms with van der Waals surface area (Å²) < 4.78 is 0. The molecule has 0 aliphatic carbocycles. The fraction of sp³-hybridized carbons (Fsp3) is 0.714. The van der Waals surface area contributed by atoms with Crippen LogP contribution in [0.25, 0.3) is 0 Å². The second kappa shape index (κ2) is 4.85. The molecule has 1 atom stereocenters. The average molecular weight is 159 g/mol. The highest BCUT2D eigenvalue weighted by Gasteiger charge is 2.11. The van der Waals surface area contributed by atoms with Gasteiger partial charge in [-0.25, -0.2) is 0 Å². The molecule has 0 spiro atoms. The molecule has 0 aromatic carbocycles. The maximum atomic E-state index is 10.3. The number of carbonyl (C=O) groups is 2. The van der Waals surface area contributed by atoms with Gasteiger partial charge < -0.3 is 9.90 Å². The Balaban J connectivity index is 3.69. The third-order valence-electron chi connectivity index (χ3n) is 1.35. The highest BCUT2D eigenvalue weighted by Crippen LogP contribution is 1.96. The summed E-state index contributed by atoms with van der Waals surface area (Å²) in [5, 5.41) is 10.9. The molecule has 2 N–H and O–H groups in total. The van der Waals surface area contributed by atoms with Crippen LogP contribution in [-0.4, -0.2) is 29.9 Å². The number of hydrogen-bond acceptors (Lipinski definition) is 3. The number of carboxylic acid groups (broad SMARTS) is 1. The van der Waals surface area contributed by atoms with Crippen LogP contribution in [0.2, 0.25) is 0 Å². The van der Waals surface area contributed by atoms with Crippen LogP contribution in [0.1, 0.15) is 13.8 Å². The first kappa shape index (κ1) is 10.1. The second-order valence-corrected chi connectivity index (χ2v) is 2.68. The van der Waals surface area contributed by atoms with Crippen molar-refractivity contribution in [1.29, 1.82) is 0 Å². The van der Waals surface area contributed by atoms with Crippen LogP contribution in [0.5, 0.6) is 0 Å². The summed E-state index contributed by atoms with van der Waals surface area (Å²) in [6.45, 7) is 3.55. The van der Waals surface area contributed by atoms with Crippen molar-refractivity contribution in [1.82, 2.24) is 5.32 Å². The Labute approximate surface area is 65.6 Å².